The zero-order valence-corrected chi connectivity index (χ0v) is 9.09. The van der Waals surface area contributed by atoms with Crippen LogP contribution in [0.5, 0.6) is 0 Å². The lowest BCUT2D eigenvalue weighted by Crippen LogP contribution is -2.38. The van der Waals surface area contributed by atoms with E-state index in [0.29, 0.717) is 0 Å². The predicted octanol–water partition coefficient (Wildman–Crippen LogP) is 2.62. The third-order valence-electron chi connectivity index (χ3n) is 2.98. The molecule has 0 aliphatic heterocycles. The molecule has 1 aliphatic carbocycles. The second-order valence-electron chi connectivity index (χ2n) is 3.96. The van der Waals surface area contributed by atoms with Gasteiger partial charge in [0.15, 0.2) is 0 Å². The molecule has 1 aromatic heterocycles. The molecule has 78 valence electrons. The number of hydrogen-bond acceptors (Lipinski definition) is 2. The van der Waals surface area contributed by atoms with Gasteiger partial charge >= 0.3 is 0 Å². The summed E-state index contributed by atoms with van der Waals surface area (Å²) in [7, 11) is 0. The molecule has 14 heavy (non-hydrogen) atoms. The average molecular weight is 213 g/mol. The highest BCUT2D eigenvalue weighted by molar-refractivity contribution is 5.85. The van der Waals surface area contributed by atoms with E-state index in [2.05, 4.69) is 11.1 Å². The first-order chi connectivity index (χ1) is 6.31. The molecule has 2 N–H and O–H groups in total. The Morgan fingerprint density at radius 1 is 1.21 bits per heavy atom. The van der Waals surface area contributed by atoms with Crippen molar-refractivity contribution in [2.75, 3.05) is 0 Å². The van der Waals surface area contributed by atoms with Gasteiger partial charge in [-0.05, 0) is 24.5 Å². The minimum absolute atomic E-state index is 0. The second kappa shape index (κ2) is 4.76. The van der Waals surface area contributed by atoms with Crippen molar-refractivity contribution in [3.8, 4) is 0 Å². The summed E-state index contributed by atoms with van der Waals surface area (Å²) in [5, 5.41) is 0. The van der Waals surface area contributed by atoms with Gasteiger partial charge in [0.1, 0.15) is 0 Å². The topological polar surface area (TPSA) is 38.9 Å². The highest BCUT2D eigenvalue weighted by Crippen LogP contribution is 2.33. The van der Waals surface area contributed by atoms with E-state index >= 15 is 0 Å². The van der Waals surface area contributed by atoms with Crippen LogP contribution in [-0.4, -0.2) is 4.98 Å². The first-order valence-electron chi connectivity index (χ1n) is 5.01. The standard InChI is InChI=1S/C11H16N2.ClH/c12-11(6-2-1-3-7-11)10-5-4-8-13-9-10;/h4-5,8-9H,1-3,6-7,12H2;1H. The van der Waals surface area contributed by atoms with Crippen LogP contribution in [0.4, 0.5) is 0 Å². The van der Waals surface area contributed by atoms with E-state index < -0.39 is 0 Å². The first kappa shape index (κ1) is 11.5. The lowest BCUT2D eigenvalue weighted by atomic mass is 9.78. The summed E-state index contributed by atoms with van der Waals surface area (Å²) in [6.45, 7) is 0. The molecule has 1 aromatic rings. The number of aromatic nitrogens is 1. The first-order valence-corrected chi connectivity index (χ1v) is 5.01. The molecule has 0 atom stereocenters. The summed E-state index contributed by atoms with van der Waals surface area (Å²) < 4.78 is 0. The number of nitrogens with zero attached hydrogens (tertiary/aromatic N) is 1. The fourth-order valence-corrected chi connectivity index (χ4v) is 2.13. The molecule has 1 saturated carbocycles. The molecule has 2 nitrogen and oxygen atoms in total. The van der Waals surface area contributed by atoms with Crippen LogP contribution in [0.25, 0.3) is 0 Å². The van der Waals surface area contributed by atoms with Gasteiger partial charge in [-0.25, -0.2) is 0 Å². The van der Waals surface area contributed by atoms with Gasteiger partial charge in [0.25, 0.3) is 0 Å². The quantitative estimate of drug-likeness (QED) is 0.778. The van der Waals surface area contributed by atoms with Gasteiger partial charge in [-0.15, -0.1) is 12.4 Å². The fourth-order valence-electron chi connectivity index (χ4n) is 2.13. The molecule has 0 spiro atoms. The number of nitrogens with two attached hydrogens (primary N) is 1. The van der Waals surface area contributed by atoms with Crippen LogP contribution >= 0.6 is 12.4 Å². The lowest BCUT2D eigenvalue weighted by Gasteiger charge is -2.33. The Hall–Kier alpha value is -0.600. The van der Waals surface area contributed by atoms with Crippen molar-refractivity contribution in [3.05, 3.63) is 30.1 Å². The van der Waals surface area contributed by atoms with Gasteiger partial charge in [0.2, 0.25) is 0 Å². The fraction of sp³-hybridized carbons (Fsp3) is 0.545. The average Bonchev–Trinajstić information content (AvgIpc) is 2.20. The minimum atomic E-state index is -0.0908. The second-order valence-corrected chi connectivity index (χ2v) is 3.96. The molecule has 1 heterocycles. The van der Waals surface area contributed by atoms with Crippen molar-refractivity contribution in [1.82, 2.24) is 4.98 Å². The Labute approximate surface area is 91.3 Å². The molecule has 1 aliphatic rings. The van der Waals surface area contributed by atoms with E-state index in [1.54, 1.807) is 6.20 Å². The number of rotatable bonds is 1. The van der Waals surface area contributed by atoms with Crippen molar-refractivity contribution >= 4 is 12.4 Å². The van der Waals surface area contributed by atoms with Crippen LogP contribution in [0.3, 0.4) is 0 Å². The van der Waals surface area contributed by atoms with Crippen LogP contribution in [0.2, 0.25) is 0 Å². The largest absolute Gasteiger partial charge is 0.321 e. The minimum Gasteiger partial charge on any atom is -0.321 e. The highest BCUT2D eigenvalue weighted by atomic mass is 35.5. The van der Waals surface area contributed by atoms with Crippen LogP contribution in [0.15, 0.2) is 24.5 Å². The Morgan fingerprint density at radius 3 is 2.50 bits per heavy atom. The van der Waals surface area contributed by atoms with E-state index in [0.717, 1.165) is 12.8 Å². The SMILES string of the molecule is Cl.NC1(c2cccnc2)CCCCC1. The van der Waals surface area contributed by atoms with Crippen LogP contribution < -0.4 is 5.73 Å². The summed E-state index contributed by atoms with van der Waals surface area (Å²) >= 11 is 0. The summed E-state index contributed by atoms with van der Waals surface area (Å²) in [6, 6.07) is 4.07. The monoisotopic (exact) mass is 212 g/mol. The van der Waals surface area contributed by atoms with Crippen molar-refractivity contribution in [2.24, 2.45) is 5.73 Å². The molecule has 3 heteroatoms. The molecule has 0 unspecified atom stereocenters. The van der Waals surface area contributed by atoms with Crippen LogP contribution in [-0.2, 0) is 5.54 Å². The lowest BCUT2D eigenvalue weighted by molar-refractivity contribution is 0.301. The normalized spacial score (nSPS) is 19.8. The highest BCUT2D eigenvalue weighted by Gasteiger charge is 2.29. The Bertz CT molecular complexity index is 268. The molecule has 2 rings (SSSR count). The Morgan fingerprint density at radius 2 is 1.93 bits per heavy atom. The van der Waals surface area contributed by atoms with Crippen molar-refractivity contribution in [1.29, 1.82) is 0 Å². The predicted molar refractivity (Wildman–Crippen MR) is 60.4 cm³/mol. The van der Waals surface area contributed by atoms with Gasteiger partial charge in [-0.1, -0.05) is 25.3 Å². The molecular weight excluding hydrogens is 196 g/mol. The van der Waals surface area contributed by atoms with Gasteiger partial charge in [0, 0.05) is 17.9 Å². The van der Waals surface area contributed by atoms with Crippen LogP contribution in [0.1, 0.15) is 37.7 Å². The van der Waals surface area contributed by atoms with Gasteiger partial charge in [-0.2, -0.15) is 0 Å². The van der Waals surface area contributed by atoms with E-state index in [1.165, 1.54) is 24.8 Å². The van der Waals surface area contributed by atoms with Gasteiger partial charge < -0.3 is 5.73 Å². The van der Waals surface area contributed by atoms with E-state index in [4.69, 9.17) is 5.73 Å². The number of pyridine rings is 1. The maximum atomic E-state index is 6.34. The zero-order chi connectivity index (χ0) is 9.15. The maximum Gasteiger partial charge on any atom is 0.0425 e. The third kappa shape index (κ3) is 2.25. The summed E-state index contributed by atoms with van der Waals surface area (Å²) in [5.41, 5.74) is 7.45. The summed E-state index contributed by atoms with van der Waals surface area (Å²) in [4.78, 5) is 4.13. The van der Waals surface area contributed by atoms with E-state index in [-0.39, 0.29) is 17.9 Å². The van der Waals surface area contributed by atoms with Crippen molar-refractivity contribution < 1.29 is 0 Å². The summed E-state index contributed by atoms with van der Waals surface area (Å²) in [6.07, 6.45) is 9.77. The molecule has 0 amide bonds. The molecule has 0 radical (unpaired) electrons. The third-order valence-corrected chi connectivity index (χ3v) is 2.98. The molecule has 0 saturated heterocycles. The van der Waals surface area contributed by atoms with E-state index in [1.807, 2.05) is 12.3 Å². The molecule has 0 bridgehead atoms. The van der Waals surface area contributed by atoms with Gasteiger partial charge in [-0.3, -0.25) is 4.98 Å². The number of halogens is 1. The smallest absolute Gasteiger partial charge is 0.0425 e. The summed E-state index contributed by atoms with van der Waals surface area (Å²) in [5.74, 6) is 0. The maximum absolute atomic E-state index is 6.34. The Balaban J connectivity index is 0.000000980. The molecular formula is C11H17ClN2. The van der Waals surface area contributed by atoms with Crippen molar-refractivity contribution in [3.63, 3.8) is 0 Å². The van der Waals surface area contributed by atoms with Crippen molar-refractivity contribution in [2.45, 2.75) is 37.6 Å². The molecule has 0 aromatic carbocycles. The number of hydrogen-bond donors (Lipinski definition) is 1. The Kier molecular flexibility index (Phi) is 3.90. The van der Waals surface area contributed by atoms with E-state index in [9.17, 15) is 0 Å². The molecule has 1 fully saturated rings. The zero-order valence-electron chi connectivity index (χ0n) is 8.28. The van der Waals surface area contributed by atoms with Gasteiger partial charge in [0.05, 0.1) is 0 Å². The van der Waals surface area contributed by atoms with Crippen LogP contribution in [0, 0.1) is 0 Å².